The van der Waals surface area contributed by atoms with E-state index in [-0.39, 0.29) is 5.56 Å². The molecule has 0 saturated carbocycles. The van der Waals surface area contributed by atoms with Crippen molar-refractivity contribution in [3.05, 3.63) is 94.5 Å². The molecule has 144 valence electrons. The van der Waals surface area contributed by atoms with Gasteiger partial charge in [0.25, 0.3) is 5.56 Å². The number of benzene rings is 3. The third-order valence-corrected chi connectivity index (χ3v) is 4.67. The molecule has 3 aromatic carbocycles. The van der Waals surface area contributed by atoms with Crippen LogP contribution in [-0.4, -0.2) is 23.8 Å². The smallest absolute Gasteiger partial charge is 0.266 e. The molecule has 0 spiro atoms. The lowest BCUT2D eigenvalue weighted by Gasteiger charge is -2.12. The Hall–Kier alpha value is -3.86. The highest BCUT2D eigenvalue weighted by molar-refractivity contribution is 5.80. The van der Waals surface area contributed by atoms with Gasteiger partial charge in [-0.15, -0.1) is 0 Å². The summed E-state index contributed by atoms with van der Waals surface area (Å²) in [6, 6.07) is 22.4. The Morgan fingerprint density at radius 3 is 2.38 bits per heavy atom. The Bertz CT molecular complexity index is 1240. The molecule has 5 heteroatoms. The van der Waals surface area contributed by atoms with E-state index in [4.69, 9.17) is 14.5 Å². The SMILES string of the molecule is COc1ccc(/C=C/c2nc3ccccc3c(=O)n2-c2ccccc2)c(OC)c1. The van der Waals surface area contributed by atoms with E-state index in [0.717, 1.165) is 11.3 Å². The topological polar surface area (TPSA) is 53.3 Å². The summed E-state index contributed by atoms with van der Waals surface area (Å²) in [6.45, 7) is 0. The molecule has 0 saturated heterocycles. The second-order valence-corrected chi connectivity index (χ2v) is 6.40. The van der Waals surface area contributed by atoms with Gasteiger partial charge in [-0.05, 0) is 48.6 Å². The highest BCUT2D eigenvalue weighted by Gasteiger charge is 2.11. The molecule has 0 aliphatic rings. The number of nitrogens with zero attached hydrogens (tertiary/aromatic N) is 2. The molecule has 0 bridgehead atoms. The van der Waals surface area contributed by atoms with E-state index < -0.39 is 0 Å². The largest absolute Gasteiger partial charge is 0.497 e. The Labute approximate surface area is 168 Å². The lowest BCUT2D eigenvalue weighted by Crippen LogP contribution is -2.22. The molecule has 0 radical (unpaired) electrons. The molecular formula is C24H20N2O3. The first-order valence-electron chi connectivity index (χ1n) is 9.18. The summed E-state index contributed by atoms with van der Waals surface area (Å²) < 4.78 is 12.3. The number of para-hydroxylation sites is 2. The fourth-order valence-electron chi connectivity index (χ4n) is 3.21. The molecule has 0 N–H and O–H groups in total. The van der Waals surface area contributed by atoms with Crippen molar-refractivity contribution in [2.75, 3.05) is 14.2 Å². The molecule has 0 amide bonds. The monoisotopic (exact) mass is 384 g/mol. The van der Waals surface area contributed by atoms with Crippen molar-refractivity contribution < 1.29 is 9.47 Å². The Balaban J connectivity index is 1.89. The normalized spacial score (nSPS) is 11.1. The van der Waals surface area contributed by atoms with Crippen molar-refractivity contribution >= 4 is 23.1 Å². The first kappa shape index (κ1) is 18.5. The van der Waals surface area contributed by atoms with Crippen LogP contribution in [0.1, 0.15) is 11.4 Å². The molecule has 0 aliphatic heterocycles. The van der Waals surface area contributed by atoms with Crippen molar-refractivity contribution in [2.24, 2.45) is 0 Å². The summed E-state index contributed by atoms with van der Waals surface area (Å²) in [5.74, 6) is 1.93. The molecule has 4 rings (SSSR count). The van der Waals surface area contributed by atoms with Crippen LogP contribution in [0.2, 0.25) is 0 Å². The fraction of sp³-hybridized carbons (Fsp3) is 0.0833. The minimum Gasteiger partial charge on any atom is -0.497 e. The van der Waals surface area contributed by atoms with Gasteiger partial charge >= 0.3 is 0 Å². The molecule has 5 nitrogen and oxygen atoms in total. The van der Waals surface area contributed by atoms with Crippen LogP contribution in [-0.2, 0) is 0 Å². The van der Waals surface area contributed by atoms with Gasteiger partial charge in [-0.1, -0.05) is 30.3 Å². The molecule has 0 unspecified atom stereocenters. The summed E-state index contributed by atoms with van der Waals surface area (Å²) in [4.78, 5) is 17.9. The Morgan fingerprint density at radius 1 is 0.862 bits per heavy atom. The van der Waals surface area contributed by atoms with E-state index in [1.165, 1.54) is 0 Å². The summed E-state index contributed by atoms with van der Waals surface area (Å²) >= 11 is 0. The van der Waals surface area contributed by atoms with Gasteiger partial charge in [-0.2, -0.15) is 0 Å². The summed E-state index contributed by atoms with van der Waals surface area (Å²) in [7, 11) is 3.22. The van der Waals surface area contributed by atoms with Crippen molar-refractivity contribution in [2.45, 2.75) is 0 Å². The highest BCUT2D eigenvalue weighted by atomic mass is 16.5. The lowest BCUT2D eigenvalue weighted by atomic mass is 10.1. The first-order valence-corrected chi connectivity index (χ1v) is 9.18. The highest BCUT2D eigenvalue weighted by Crippen LogP contribution is 2.26. The lowest BCUT2D eigenvalue weighted by molar-refractivity contribution is 0.394. The van der Waals surface area contributed by atoms with Crippen LogP contribution >= 0.6 is 0 Å². The van der Waals surface area contributed by atoms with Crippen molar-refractivity contribution in [3.8, 4) is 17.2 Å². The Kier molecular flexibility index (Phi) is 5.12. The molecule has 4 aromatic rings. The van der Waals surface area contributed by atoms with Crippen LogP contribution in [0.15, 0.2) is 77.6 Å². The maximum atomic E-state index is 13.2. The summed E-state index contributed by atoms with van der Waals surface area (Å²) in [6.07, 6.45) is 3.71. The predicted molar refractivity (Wildman–Crippen MR) is 116 cm³/mol. The van der Waals surface area contributed by atoms with Crippen LogP contribution in [0, 0.1) is 0 Å². The fourth-order valence-corrected chi connectivity index (χ4v) is 3.21. The van der Waals surface area contributed by atoms with Crippen LogP contribution < -0.4 is 15.0 Å². The van der Waals surface area contributed by atoms with E-state index in [2.05, 4.69) is 0 Å². The molecule has 29 heavy (non-hydrogen) atoms. The molecule has 1 aromatic heterocycles. The minimum atomic E-state index is -0.108. The zero-order valence-electron chi connectivity index (χ0n) is 16.2. The average molecular weight is 384 g/mol. The standard InChI is InChI=1S/C24H20N2O3/c1-28-19-14-12-17(22(16-19)29-2)13-15-23-25-21-11-7-6-10-20(21)24(27)26(23)18-8-4-3-5-9-18/h3-16H,1-2H3/b15-13+. The third kappa shape index (κ3) is 3.62. The summed E-state index contributed by atoms with van der Waals surface area (Å²) in [5, 5.41) is 0.579. The molecular weight excluding hydrogens is 364 g/mol. The van der Waals surface area contributed by atoms with Gasteiger partial charge in [0.1, 0.15) is 17.3 Å². The second kappa shape index (κ2) is 8.02. The van der Waals surface area contributed by atoms with Crippen molar-refractivity contribution in [1.82, 2.24) is 9.55 Å². The zero-order valence-corrected chi connectivity index (χ0v) is 16.2. The molecule has 0 fully saturated rings. The van der Waals surface area contributed by atoms with Gasteiger partial charge < -0.3 is 9.47 Å². The van der Waals surface area contributed by atoms with Crippen LogP contribution in [0.3, 0.4) is 0 Å². The maximum Gasteiger partial charge on any atom is 0.266 e. The van der Waals surface area contributed by atoms with Crippen molar-refractivity contribution in [1.29, 1.82) is 0 Å². The van der Waals surface area contributed by atoms with E-state index in [1.807, 2.05) is 78.9 Å². The number of hydrogen-bond donors (Lipinski definition) is 0. The number of fused-ring (bicyclic) bond motifs is 1. The molecule has 0 aliphatic carbocycles. The van der Waals surface area contributed by atoms with Crippen LogP contribution in [0.25, 0.3) is 28.7 Å². The van der Waals surface area contributed by atoms with E-state index >= 15 is 0 Å². The van der Waals surface area contributed by atoms with Gasteiger partial charge in [0.05, 0.1) is 30.8 Å². The van der Waals surface area contributed by atoms with Crippen molar-refractivity contribution in [3.63, 3.8) is 0 Å². The third-order valence-electron chi connectivity index (χ3n) is 4.67. The summed E-state index contributed by atoms with van der Waals surface area (Å²) in [5.41, 5.74) is 2.17. The first-order chi connectivity index (χ1) is 14.2. The molecule has 0 atom stereocenters. The van der Waals surface area contributed by atoms with Crippen LogP contribution in [0.4, 0.5) is 0 Å². The van der Waals surface area contributed by atoms with Gasteiger partial charge in [0.2, 0.25) is 0 Å². The second-order valence-electron chi connectivity index (χ2n) is 6.40. The average Bonchev–Trinajstić information content (AvgIpc) is 2.78. The minimum absolute atomic E-state index is 0.108. The number of ether oxygens (including phenoxy) is 2. The Morgan fingerprint density at radius 2 is 1.62 bits per heavy atom. The van der Waals surface area contributed by atoms with Gasteiger partial charge in [-0.25, -0.2) is 4.98 Å². The van der Waals surface area contributed by atoms with Gasteiger partial charge in [0, 0.05) is 11.6 Å². The predicted octanol–water partition coefficient (Wildman–Crippen LogP) is 4.57. The molecule has 1 heterocycles. The van der Waals surface area contributed by atoms with Crippen LogP contribution in [0.5, 0.6) is 11.5 Å². The van der Waals surface area contributed by atoms with Gasteiger partial charge in [0.15, 0.2) is 0 Å². The van der Waals surface area contributed by atoms with E-state index in [1.54, 1.807) is 24.9 Å². The number of aromatic nitrogens is 2. The number of rotatable bonds is 5. The van der Waals surface area contributed by atoms with Gasteiger partial charge in [-0.3, -0.25) is 9.36 Å². The number of methoxy groups -OCH3 is 2. The van der Waals surface area contributed by atoms with E-state index in [9.17, 15) is 4.79 Å². The zero-order chi connectivity index (χ0) is 20.2. The van der Waals surface area contributed by atoms with E-state index in [0.29, 0.717) is 28.2 Å². The number of hydrogen-bond acceptors (Lipinski definition) is 4. The maximum absolute atomic E-state index is 13.2. The quantitative estimate of drug-likeness (QED) is 0.506.